The Morgan fingerprint density at radius 3 is 2.35 bits per heavy atom. The molecule has 1 aliphatic carbocycles. The molecule has 2 heterocycles. The average Bonchev–Trinajstić information content (AvgIpc) is 2.61. The molecule has 1 fully saturated rings. The number of carbonyl (C=O) groups excluding carboxylic acids is 1. The number of benzene rings is 1. The summed E-state index contributed by atoms with van der Waals surface area (Å²) in [6, 6.07) is 7.98. The van der Waals surface area contributed by atoms with Gasteiger partial charge in [0.25, 0.3) is 0 Å². The van der Waals surface area contributed by atoms with Crippen molar-refractivity contribution in [2.45, 2.75) is 26.7 Å². The Kier molecular flexibility index (Phi) is 4.57. The molecule has 0 spiro atoms. The third-order valence-corrected chi connectivity index (χ3v) is 5.51. The summed E-state index contributed by atoms with van der Waals surface area (Å²) in [5.41, 5.74) is 3.70. The lowest BCUT2D eigenvalue weighted by Gasteiger charge is -2.36. The van der Waals surface area contributed by atoms with Crippen LogP contribution in [0, 0.1) is 12.8 Å². The SMILES string of the molecule is Cc1nc(N2CCN(c3ccc(Cl)cc3)CC2)nc2c1C(=O)CC(C)C2. The molecule has 2 aliphatic rings. The fourth-order valence-electron chi connectivity index (χ4n) is 3.91. The number of Topliss-reactive ketones (excluding diaryl/α,β-unsaturated/α-hetero) is 1. The first-order chi connectivity index (χ1) is 12.5. The van der Waals surface area contributed by atoms with Crippen molar-refractivity contribution in [1.29, 1.82) is 0 Å². The van der Waals surface area contributed by atoms with Gasteiger partial charge in [-0.05, 0) is 43.5 Å². The highest BCUT2D eigenvalue weighted by Crippen LogP contribution is 2.28. The number of rotatable bonds is 2. The Morgan fingerprint density at radius 2 is 1.65 bits per heavy atom. The van der Waals surface area contributed by atoms with Gasteiger partial charge in [-0.2, -0.15) is 0 Å². The molecule has 6 heteroatoms. The monoisotopic (exact) mass is 370 g/mol. The predicted octanol–water partition coefficient (Wildman–Crippen LogP) is 3.53. The zero-order valence-corrected chi connectivity index (χ0v) is 16.0. The lowest BCUT2D eigenvalue weighted by atomic mass is 9.86. The summed E-state index contributed by atoms with van der Waals surface area (Å²) in [6.07, 6.45) is 1.47. The van der Waals surface area contributed by atoms with Gasteiger partial charge in [0.2, 0.25) is 5.95 Å². The van der Waals surface area contributed by atoms with Crippen LogP contribution in [0.3, 0.4) is 0 Å². The van der Waals surface area contributed by atoms with E-state index in [1.165, 1.54) is 5.69 Å². The van der Waals surface area contributed by atoms with E-state index in [1.54, 1.807) is 0 Å². The Hall–Kier alpha value is -2.14. The van der Waals surface area contributed by atoms with Crippen LogP contribution in [0.15, 0.2) is 24.3 Å². The molecule has 1 aliphatic heterocycles. The predicted molar refractivity (Wildman–Crippen MR) is 104 cm³/mol. The van der Waals surface area contributed by atoms with E-state index >= 15 is 0 Å². The number of aryl methyl sites for hydroxylation is 1. The van der Waals surface area contributed by atoms with Gasteiger partial charge >= 0.3 is 0 Å². The molecular weight excluding hydrogens is 348 g/mol. The fraction of sp³-hybridized carbons (Fsp3) is 0.450. The van der Waals surface area contributed by atoms with Crippen molar-refractivity contribution in [3.63, 3.8) is 0 Å². The van der Waals surface area contributed by atoms with Gasteiger partial charge in [0, 0.05) is 43.3 Å². The molecule has 0 N–H and O–H groups in total. The molecule has 1 unspecified atom stereocenters. The highest BCUT2D eigenvalue weighted by Gasteiger charge is 2.28. The Morgan fingerprint density at radius 1 is 1.00 bits per heavy atom. The van der Waals surface area contributed by atoms with Gasteiger partial charge in [-0.25, -0.2) is 9.97 Å². The number of anilines is 2. The third kappa shape index (κ3) is 3.28. The van der Waals surface area contributed by atoms with Gasteiger partial charge in [0.15, 0.2) is 5.78 Å². The molecule has 0 saturated carbocycles. The minimum Gasteiger partial charge on any atom is -0.368 e. The van der Waals surface area contributed by atoms with Crippen LogP contribution in [0.25, 0.3) is 0 Å². The second kappa shape index (κ2) is 6.88. The van der Waals surface area contributed by atoms with Crippen LogP contribution in [0.1, 0.15) is 35.1 Å². The average molecular weight is 371 g/mol. The zero-order valence-electron chi connectivity index (χ0n) is 15.2. The van der Waals surface area contributed by atoms with E-state index in [-0.39, 0.29) is 5.78 Å². The van der Waals surface area contributed by atoms with Gasteiger partial charge in [0.1, 0.15) is 0 Å². The van der Waals surface area contributed by atoms with E-state index in [9.17, 15) is 4.79 Å². The van der Waals surface area contributed by atoms with Crippen LogP contribution in [0.2, 0.25) is 5.02 Å². The first kappa shape index (κ1) is 17.3. The second-order valence-corrected chi connectivity index (χ2v) is 7.75. The lowest BCUT2D eigenvalue weighted by molar-refractivity contribution is 0.0951. The quantitative estimate of drug-likeness (QED) is 0.809. The topological polar surface area (TPSA) is 49.3 Å². The number of piperazine rings is 1. The number of ketones is 1. The number of aromatic nitrogens is 2. The lowest BCUT2D eigenvalue weighted by Crippen LogP contribution is -2.47. The molecule has 0 amide bonds. The number of carbonyl (C=O) groups is 1. The van der Waals surface area contributed by atoms with E-state index in [2.05, 4.69) is 33.8 Å². The molecule has 0 radical (unpaired) electrons. The van der Waals surface area contributed by atoms with Crippen LogP contribution in [0.4, 0.5) is 11.6 Å². The zero-order chi connectivity index (χ0) is 18.3. The molecule has 1 atom stereocenters. The number of hydrogen-bond donors (Lipinski definition) is 0. The summed E-state index contributed by atoms with van der Waals surface area (Å²) >= 11 is 5.98. The minimum atomic E-state index is 0.190. The van der Waals surface area contributed by atoms with Crippen LogP contribution in [0.5, 0.6) is 0 Å². The molecule has 1 saturated heterocycles. The highest BCUT2D eigenvalue weighted by molar-refractivity contribution is 6.30. The number of halogens is 1. The summed E-state index contributed by atoms with van der Waals surface area (Å²) < 4.78 is 0. The van der Waals surface area contributed by atoms with Crippen LogP contribution < -0.4 is 9.80 Å². The molecular formula is C20H23ClN4O. The fourth-order valence-corrected chi connectivity index (χ4v) is 4.03. The van der Waals surface area contributed by atoms with Crippen molar-refractivity contribution in [3.8, 4) is 0 Å². The van der Waals surface area contributed by atoms with Crippen LogP contribution in [-0.4, -0.2) is 41.9 Å². The standard InChI is InChI=1S/C20H23ClN4O/c1-13-11-17-19(18(26)12-13)14(2)22-20(23-17)25-9-7-24(8-10-25)16-5-3-15(21)4-6-16/h3-6,13H,7-12H2,1-2H3. The third-order valence-electron chi connectivity index (χ3n) is 5.26. The summed E-state index contributed by atoms with van der Waals surface area (Å²) in [6.45, 7) is 7.60. The van der Waals surface area contributed by atoms with E-state index < -0.39 is 0 Å². The molecule has 1 aromatic heterocycles. The van der Waals surface area contributed by atoms with Gasteiger partial charge in [-0.3, -0.25) is 4.79 Å². The van der Waals surface area contributed by atoms with Gasteiger partial charge < -0.3 is 9.80 Å². The molecule has 26 heavy (non-hydrogen) atoms. The van der Waals surface area contributed by atoms with Crippen LogP contribution >= 0.6 is 11.6 Å². The van der Waals surface area contributed by atoms with E-state index in [0.717, 1.165) is 60.5 Å². The first-order valence-corrected chi connectivity index (χ1v) is 9.55. The van der Waals surface area contributed by atoms with E-state index in [1.807, 2.05) is 19.1 Å². The Bertz CT molecular complexity index is 828. The maximum atomic E-state index is 12.3. The summed E-state index contributed by atoms with van der Waals surface area (Å²) in [4.78, 5) is 26.3. The highest BCUT2D eigenvalue weighted by atomic mass is 35.5. The molecule has 2 aromatic rings. The van der Waals surface area contributed by atoms with Crippen molar-refractivity contribution < 1.29 is 4.79 Å². The van der Waals surface area contributed by atoms with Crippen molar-refractivity contribution in [1.82, 2.24) is 9.97 Å². The maximum Gasteiger partial charge on any atom is 0.225 e. The number of nitrogens with zero attached hydrogens (tertiary/aromatic N) is 4. The summed E-state index contributed by atoms with van der Waals surface area (Å²) in [7, 11) is 0. The molecule has 5 nitrogen and oxygen atoms in total. The second-order valence-electron chi connectivity index (χ2n) is 7.32. The van der Waals surface area contributed by atoms with Crippen LogP contribution in [-0.2, 0) is 6.42 Å². The van der Waals surface area contributed by atoms with Gasteiger partial charge in [0.05, 0.1) is 17.0 Å². The summed E-state index contributed by atoms with van der Waals surface area (Å²) in [5, 5.41) is 0.758. The van der Waals surface area contributed by atoms with Crippen molar-refractivity contribution in [2.75, 3.05) is 36.0 Å². The molecule has 0 bridgehead atoms. The van der Waals surface area contributed by atoms with Crippen molar-refractivity contribution in [3.05, 3.63) is 46.2 Å². The first-order valence-electron chi connectivity index (χ1n) is 9.17. The number of fused-ring (bicyclic) bond motifs is 1. The van der Waals surface area contributed by atoms with Gasteiger partial charge in [-0.15, -0.1) is 0 Å². The molecule has 4 rings (SSSR count). The normalized spacial score (nSPS) is 20.3. The van der Waals surface area contributed by atoms with Crippen molar-refractivity contribution in [2.24, 2.45) is 5.92 Å². The summed E-state index contributed by atoms with van der Waals surface area (Å²) in [5.74, 6) is 1.31. The molecule has 136 valence electrons. The Labute approximate surface area is 159 Å². The number of hydrogen-bond acceptors (Lipinski definition) is 5. The largest absolute Gasteiger partial charge is 0.368 e. The van der Waals surface area contributed by atoms with E-state index in [4.69, 9.17) is 16.6 Å². The van der Waals surface area contributed by atoms with Gasteiger partial charge in [-0.1, -0.05) is 18.5 Å². The maximum absolute atomic E-state index is 12.3. The van der Waals surface area contributed by atoms with Crippen molar-refractivity contribution >= 4 is 29.0 Å². The minimum absolute atomic E-state index is 0.190. The Balaban J connectivity index is 1.51. The smallest absolute Gasteiger partial charge is 0.225 e. The van der Waals surface area contributed by atoms with E-state index in [0.29, 0.717) is 12.3 Å². The molecule has 1 aromatic carbocycles.